The van der Waals surface area contributed by atoms with Crippen molar-refractivity contribution in [2.75, 3.05) is 4.90 Å². The Morgan fingerprint density at radius 3 is 2.35 bits per heavy atom. The highest BCUT2D eigenvalue weighted by Crippen LogP contribution is 2.28. The van der Waals surface area contributed by atoms with E-state index in [4.69, 9.17) is 0 Å². The third-order valence-electron chi connectivity index (χ3n) is 4.62. The molecule has 26 heavy (non-hydrogen) atoms. The van der Waals surface area contributed by atoms with Crippen molar-refractivity contribution in [1.82, 2.24) is 9.88 Å². The van der Waals surface area contributed by atoms with Crippen LogP contribution in [0.5, 0.6) is 0 Å². The maximum Gasteiger partial charge on any atom is 0.335 e. The Hall–Kier alpha value is -2.67. The van der Waals surface area contributed by atoms with Gasteiger partial charge in [0, 0.05) is 22.9 Å². The lowest BCUT2D eigenvalue weighted by Gasteiger charge is -2.27. The summed E-state index contributed by atoms with van der Waals surface area (Å²) in [7, 11) is 1.91. The van der Waals surface area contributed by atoms with Crippen LogP contribution in [-0.2, 0) is 16.6 Å². The topological polar surface area (TPSA) is 71.4 Å². The van der Waals surface area contributed by atoms with Crippen LogP contribution in [0.15, 0.2) is 34.3 Å². The zero-order valence-corrected chi connectivity index (χ0v) is 16.5. The number of imide groups is 2. The number of nitrogens with one attached hydrogen (secondary N) is 1. The molecule has 1 aromatic heterocycles. The first-order chi connectivity index (χ1) is 12.2. The van der Waals surface area contributed by atoms with Crippen molar-refractivity contribution in [2.45, 2.75) is 20.8 Å². The van der Waals surface area contributed by atoms with Gasteiger partial charge in [-0.3, -0.25) is 14.9 Å². The molecule has 0 atom stereocenters. The highest BCUT2D eigenvalue weighted by molar-refractivity contribution is 9.10. The van der Waals surface area contributed by atoms with E-state index in [9.17, 15) is 14.4 Å². The summed E-state index contributed by atoms with van der Waals surface area (Å²) in [6.07, 6.45) is 1.54. The molecule has 0 saturated carbocycles. The summed E-state index contributed by atoms with van der Waals surface area (Å²) in [6, 6.07) is 6.37. The number of halogens is 1. The van der Waals surface area contributed by atoms with Gasteiger partial charge in [0.05, 0.1) is 5.69 Å². The number of aromatic nitrogens is 1. The molecule has 0 spiro atoms. The van der Waals surface area contributed by atoms with Gasteiger partial charge in [-0.15, -0.1) is 0 Å². The number of carbonyl (C=O) groups excluding carboxylic acids is 3. The molecule has 2 heterocycles. The third kappa shape index (κ3) is 2.99. The fraction of sp³-hybridized carbons (Fsp3) is 0.211. The summed E-state index contributed by atoms with van der Waals surface area (Å²) in [6.45, 7) is 5.65. The van der Waals surface area contributed by atoms with Gasteiger partial charge in [0.2, 0.25) is 0 Å². The number of urea groups is 1. The second-order valence-electron chi connectivity index (χ2n) is 6.27. The predicted octanol–water partition coefficient (Wildman–Crippen LogP) is 3.38. The molecule has 0 radical (unpaired) electrons. The van der Waals surface area contributed by atoms with Gasteiger partial charge in [0.1, 0.15) is 5.57 Å². The monoisotopic (exact) mass is 415 g/mol. The molecule has 1 saturated heterocycles. The number of aryl methyl sites for hydroxylation is 2. The lowest BCUT2D eigenvalue weighted by molar-refractivity contribution is -0.122. The van der Waals surface area contributed by atoms with Crippen LogP contribution in [-0.4, -0.2) is 22.4 Å². The molecule has 6 nitrogen and oxygen atoms in total. The van der Waals surface area contributed by atoms with E-state index in [1.54, 1.807) is 25.1 Å². The number of barbiturate groups is 1. The Morgan fingerprint density at radius 2 is 1.77 bits per heavy atom. The van der Waals surface area contributed by atoms with E-state index >= 15 is 0 Å². The van der Waals surface area contributed by atoms with Crippen LogP contribution < -0.4 is 10.2 Å². The normalized spacial score (nSPS) is 16.4. The first-order valence-electron chi connectivity index (χ1n) is 8.01. The van der Waals surface area contributed by atoms with Gasteiger partial charge in [-0.1, -0.05) is 15.9 Å². The van der Waals surface area contributed by atoms with E-state index in [2.05, 4.69) is 21.2 Å². The number of nitrogens with zero attached hydrogens (tertiary/aromatic N) is 2. The van der Waals surface area contributed by atoms with Crippen molar-refractivity contribution < 1.29 is 14.4 Å². The van der Waals surface area contributed by atoms with Gasteiger partial charge in [-0.25, -0.2) is 9.69 Å². The van der Waals surface area contributed by atoms with Crippen LogP contribution in [0.4, 0.5) is 10.5 Å². The number of rotatable bonds is 2. The molecule has 1 N–H and O–H groups in total. The van der Waals surface area contributed by atoms with Crippen molar-refractivity contribution in [3.05, 3.63) is 56.8 Å². The molecule has 0 unspecified atom stereocenters. The van der Waals surface area contributed by atoms with E-state index in [1.165, 1.54) is 6.08 Å². The van der Waals surface area contributed by atoms with Crippen molar-refractivity contribution >= 4 is 45.5 Å². The maximum atomic E-state index is 12.9. The average molecular weight is 416 g/mol. The number of anilines is 1. The van der Waals surface area contributed by atoms with Crippen LogP contribution in [0.2, 0.25) is 0 Å². The smallest absolute Gasteiger partial charge is 0.335 e. The Bertz CT molecular complexity index is 988. The molecule has 2 aromatic rings. The summed E-state index contributed by atoms with van der Waals surface area (Å²) < 4.78 is 2.81. The average Bonchev–Trinajstić information content (AvgIpc) is 2.80. The zero-order chi connectivity index (χ0) is 19.2. The molecule has 1 fully saturated rings. The van der Waals surface area contributed by atoms with Crippen molar-refractivity contribution in [3.63, 3.8) is 0 Å². The minimum absolute atomic E-state index is 0.0689. The Kier molecular flexibility index (Phi) is 4.58. The van der Waals surface area contributed by atoms with Crippen LogP contribution in [0.25, 0.3) is 6.08 Å². The summed E-state index contributed by atoms with van der Waals surface area (Å²) in [5.41, 5.74) is 3.82. The Morgan fingerprint density at radius 1 is 1.08 bits per heavy atom. The molecule has 0 bridgehead atoms. The Balaban J connectivity index is 2.08. The molecule has 1 aliphatic rings. The van der Waals surface area contributed by atoms with Gasteiger partial charge in [-0.2, -0.15) is 0 Å². The summed E-state index contributed by atoms with van der Waals surface area (Å²) in [5, 5.41) is 2.25. The molecule has 134 valence electrons. The summed E-state index contributed by atoms with van der Waals surface area (Å²) >= 11 is 3.36. The van der Waals surface area contributed by atoms with Gasteiger partial charge in [0.15, 0.2) is 0 Å². The minimum atomic E-state index is -0.747. The van der Waals surface area contributed by atoms with Gasteiger partial charge in [0.25, 0.3) is 11.8 Å². The van der Waals surface area contributed by atoms with Gasteiger partial charge >= 0.3 is 6.03 Å². The van der Waals surface area contributed by atoms with Crippen LogP contribution >= 0.6 is 15.9 Å². The SMILES string of the molecule is Cc1cc(Br)ccc1N1C(=O)NC(=O)/C(=C\c2cc(C)n(C)c2C)C1=O. The predicted molar refractivity (Wildman–Crippen MR) is 103 cm³/mol. The zero-order valence-electron chi connectivity index (χ0n) is 14.9. The molecule has 1 aliphatic heterocycles. The quantitative estimate of drug-likeness (QED) is 0.603. The number of amides is 4. The van der Waals surface area contributed by atoms with Crippen molar-refractivity contribution in [2.24, 2.45) is 7.05 Å². The maximum absolute atomic E-state index is 12.9. The molecule has 1 aromatic carbocycles. The minimum Gasteiger partial charge on any atom is -0.352 e. The van der Waals surface area contributed by atoms with E-state index in [0.29, 0.717) is 5.69 Å². The highest BCUT2D eigenvalue weighted by atomic mass is 79.9. The van der Waals surface area contributed by atoms with Crippen LogP contribution in [0.1, 0.15) is 22.5 Å². The number of hydrogen-bond donors (Lipinski definition) is 1. The van der Waals surface area contributed by atoms with E-state index in [1.807, 2.05) is 31.5 Å². The van der Waals surface area contributed by atoms with E-state index < -0.39 is 17.8 Å². The second kappa shape index (κ2) is 6.57. The van der Waals surface area contributed by atoms with Crippen LogP contribution in [0, 0.1) is 20.8 Å². The molecule has 0 aliphatic carbocycles. The van der Waals surface area contributed by atoms with Crippen molar-refractivity contribution in [3.8, 4) is 0 Å². The lowest BCUT2D eigenvalue weighted by Crippen LogP contribution is -2.54. The summed E-state index contributed by atoms with van der Waals surface area (Å²) in [4.78, 5) is 38.5. The van der Waals surface area contributed by atoms with Crippen LogP contribution in [0.3, 0.4) is 0 Å². The standard InChI is InChI=1S/C19H18BrN3O3/c1-10-7-14(20)5-6-16(10)23-18(25)15(17(24)21-19(23)26)9-13-8-11(2)22(4)12(13)3/h5-9H,1-4H3,(H,21,24,26)/b15-9+. The van der Waals surface area contributed by atoms with Crippen molar-refractivity contribution in [1.29, 1.82) is 0 Å². The fourth-order valence-electron chi connectivity index (χ4n) is 2.93. The molecular weight excluding hydrogens is 398 g/mol. The van der Waals surface area contributed by atoms with Gasteiger partial charge in [-0.05, 0) is 62.2 Å². The fourth-order valence-corrected chi connectivity index (χ4v) is 3.41. The first kappa shape index (κ1) is 18.1. The third-order valence-corrected chi connectivity index (χ3v) is 5.11. The molecular formula is C19H18BrN3O3. The lowest BCUT2D eigenvalue weighted by atomic mass is 10.1. The molecule has 7 heteroatoms. The summed E-state index contributed by atoms with van der Waals surface area (Å²) in [5.74, 6) is -1.32. The largest absolute Gasteiger partial charge is 0.352 e. The number of hydrogen-bond acceptors (Lipinski definition) is 3. The number of benzene rings is 1. The number of carbonyl (C=O) groups is 3. The highest BCUT2D eigenvalue weighted by Gasteiger charge is 2.37. The second-order valence-corrected chi connectivity index (χ2v) is 7.19. The molecule has 3 rings (SSSR count). The first-order valence-corrected chi connectivity index (χ1v) is 8.80. The Labute approximate surface area is 159 Å². The molecule has 4 amide bonds. The van der Waals surface area contributed by atoms with E-state index in [0.717, 1.165) is 31.9 Å². The van der Waals surface area contributed by atoms with Gasteiger partial charge < -0.3 is 4.57 Å². The van der Waals surface area contributed by atoms with E-state index in [-0.39, 0.29) is 5.57 Å².